The van der Waals surface area contributed by atoms with E-state index in [-0.39, 0.29) is 6.04 Å². The number of benzene rings is 1. The molecule has 0 amide bonds. The predicted octanol–water partition coefficient (Wildman–Crippen LogP) is 2.94. The van der Waals surface area contributed by atoms with Crippen LogP contribution in [0.1, 0.15) is 30.2 Å². The number of hydrogen-bond acceptors (Lipinski definition) is 4. The minimum Gasteiger partial charge on any atom is -0.338 e. The highest BCUT2D eigenvalue weighted by Crippen LogP contribution is 2.19. The normalized spacial score (nSPS) is 12.9. The molecule has 1 heterocycles. The topological polar surface area (TPSA) is 42.2 Å². The molecule has 2 aromatic rings. The highest BCUT2D eigenvalue weighted by molar-refractivity contribution is 6.31. The van der Waals surface area contributed by atoms with Gasteiger partial charge in [-0.05, 0) is 32.6 Å². The van der Waals surface area contributed by atoms with E-state index in [1.807, 2.05) is 50.2 Å². The van der Waals surface area contributed by atoms with E-state index in [2.05, 4.69) is 10.1 Å². The van der Waals surface area contributed by atoms with E-state index in [1.54, 1.807) is 0 Å². The number of halogens is 1. The van der Waals surface area contributed by atoms with Crippen LogP contribution in [-0.2, 0) is 6.42 Å². The van der Waals surface area contributed by atoms with Crippen molar-refractivity contribution in [2.75, 3.05) is 14.1 Å². The van der Waals surface area contributed by atoms with E-state index in [0.29, 0.717) is 18.1 Å². The molecule has 0 saturated heterocycles. The molecular weight excluding hydrogens is 250 g/mol. The third-order valence-corrected chi connectivity index (χ3v) is 3.29. The molecule has 0 N–H and O–H groups in total. The van der Waals surface area contributed by atoms with E-state index in [9.17, 15) is 0 Å². The van der Waals surface area contributed by atoms with Crippen LogP contribution in [0.5, 0.6) is 0 Å². The van der Waals surface area contributed by atoms with Gasteiger partial charge >= 0.3 is 0 Å². The Hall–Kier alpha value is -1.39. The summed E-state index contributed by atoms with van der Waals surface area (Å²) in [5.41, 5.74) is 1.00. The van der Waals surface area contributed by atoms with Crippen LogP contribution in [0.3, 0.4) is 0 Å². The molecule has 18 heavy (non-hydrogen) atoms. The molecule has 0 aliphatic heterocycles. The van der Waals surface area contributed by atoms with Crippen LogP contribution >= 0.6 is 11.6 Å². The van der Waals surface area contributed by atoms with E-state index >= 15 is 0 Å². The fourth-order valence-corrected chi connectivity index (χ4v) is 1.74. The third kappa shape index (κ3) is 2.89. The average molecular weight is 266 g/mol. The average Bonchev–Trinajstić information content (AvgIpc) is 2.79. The Labute approximate surface area is 112 Å². The lowest BCUT2D eigenvalue weighted by molar-refractivity contribution is 0.245. The van der Waals surface area contributed by atoms with Gasteiger partial charge in [0.15, 0.2) is 5.82 Å². The van der Waals surface area contributed by atoms with Gasteiger partial charge in [0, 0.05) is 11.4 Å². The molecular formula is C13H16ClN3O. The second-order valence-corrected chi connectivity index (χ2v) is 4.86. The Balaban J connectivity index is 2.14. The van der Waals surface area contributed by atoms with Crippen LogP contribution in [0.4, 0.5) is 0 Å². The molecule has 0 aliphatic rings. The van der Waals surface area contributed by atoms with Gasteiger partial charge in [-0.3, -0.25) is 4.90 Å². The number of hydrogen-bond donors (Lipinski definition) is 0. The maximum absolute atomic E-state index is 6.10. The maximum atomic E-state index is 6.10. The number of aromatic nitrogens is 2. The molecule has 0 saturated carbocycles. The molecule has 0 aliphatic carbocycles. The summed E-state index contributed by atoms with van der Waals surface area (Å²) in [7, 11) is 3.95. The molecule has 1 aromatic heterocycles. The van der Waals surface area contributed by atoms with Gasteiger partial charge in [-0.15, -0.1) is 0 Å². The molecule has 0 unspecified atom stereocenters. The van der Waals surface area contributed by atoms with Gasteiger partial charge in [-0.25, -0.2) is 0 Å². The van der Waals surface area contributed by atoms with Crippen molar-refractivity contribution in [1.29, 1.82) is 0 Å². The minimum atomic E-state index is 0.109. The van der Waals surface area contributed by atoms with Gasteiger partial charge < -0.3 is 4.52 Å². The number of rotatable bonds is 4. The zero-order valence-electron chi connectivity index (χ0n) is 10.7. The molecule has 0 radical (unpaired) electrons. The van der Waals surface area contributed by atoms with Crippen molar-refractivity contribution in [3.05, 3.63) is 46.6 Å². The van der Waals surface area contributed by atoms with Crippen molar-refractivity contribution >= 4 is 11.6 Å². The second kappa shape index (κ2) is 5.50. The third-order valence-electron chi connectivity index (χ3n) is 2.92. The van der Waals surface area contributed by atoms with Gasteiger partial charge in [0.05, 0.1) is 6.04 Å². The molecule has 1 aromatic carbocycles. The van der Waals surface area contributed by atoms with Gasteiger partial charge in [0.2, 0.25) is 5.89 Å². The van der Waals surface area contributed by atoms with Crippen molar-refractivity contribution in [3.8, 4) is 0 Å². The fraction of sp³-hybridized carbons (Fsp3) is 0.385. The van der Waals surface area contributed by atoms with Crippen molar-refractivity contribution in [2.24, 2.45) is 0 Å². The summed E-state index contributed by atoms with van der Waals surface area (Å²) >= 11 is 6.10. The van der Waals surface area contributed by atoms with Crippen molar-refractivity contribution in [3.63, 3.8) is 0 Å². The summed E-state index contributed by atoms with van der Waals surface area (Å²) in [6, 6.07) is 7.79. The van der Waals surface area contributed by atoms with Crippen LogP contribution in [0.2, 0.25) is 5.02 Å². The lowest BCUT2D eigenvalue weighted by atomic mass is 10.1. The lowest BCUT2D eigenvalue weighted by Crippen LogP contribution is -2.17. The van der Waals surface area contributed by atoms with Crippen LogP contribution < -0.4 is 0 Å². The second-order valence-electron chi connectivity index (χ2n) is 4.46. The van der Waals surface area contributed by atoms with Crippen LogP contribution in [0, 0.1) is 0 Å². The van der Waals surface area contributed by atoms with E-state index in [1.165, 1.54) is 0 Å². The van der Waals surface area contributed by atoms with Crippen LogP contribution in [0.15, 0.2) is 28.8 Å². The largest absolute Gasteiger partial charge is 0.338 e. The van der Waals surface area contributed by atoms with Crippen molar-refractivity contribution < 1.29 is 4.52 Å². The highest BCUT2D eigenvalue weighted by Gasteiger charge is 2.16. The van der Waals surface area contributed by atoms with Gasteiger partial charge in [0.1, 0.15) is 0 Å². The molecule has 0 bridgehead atoms. The summed E-state index contributed by atoms with van der Waals surface area (Å²) in [4.78, 5) is 6.41. The van der Waals surface area contributed by atoms with E-state index in [4.69, 9.17) is 16.1 Å². The van der Waals surface area contributed by atoms with E-state index in [0.717, 1.165) is 10.6 Å². The van der Waals surface area contributed by atoms with Gasteiger partial charge in [-0.2, -0.15) is 4.98 Å². The van der Waals surface area contributed by atoms with E-state index < -0.39 is 0 Å². The summed E-state index contributed by atoms with van der Waals surface area (Å²) in [5.74, 6) is 1.29. The maximum Gasteiger partial charge on any atom is 0.243 e. The Bertz CT molecular complexity index is 524. The quantitative estimate of drug-likeness (QED) is 0.852. The predicted molar refractivity (Wildman–Crippen MR) is 70.7 cm³/mol. The van der Waals surface area contributed by atoms with Gasteiger partial charge in [0.25, 0.3) is 0 Å². The van der Waals surface area contributed by atoms with Crippen molar-refractivity contribution in [1.82, 2.24) is 15.0 Å². The van der Waals surface area contributed by atoms with Gasteiger partial charge in [-0.1, -0.05) is 35.0 Å². The lowest BCUT2D eigenvalue weighted by Gasteiger charge is -2.14. The first-order chi connectivity index (χ1) is 8.58. The molecule has 1 atom stereocenters. The standard InChI is InChI=1S/C13H16ClN3O/c1-9(17(2)3)13-15-12(16-18-13)8-10-6-4-5-7-11(10)14/h4-7,9H,8H2,1-3H3/t9-/m1/s1. The molecule has 0 fully saturated rings. The Morgan fingerprint density at radius 1 is 1.33 bits per heavy atom. The summed E-state index contributed by atoms with van der Waals surface area (Å²) in [6.45, 7) is 2.02. The molecule has 4 nitrogen and oxygen atoms in total. The van der Waals surface area contributed by atoms with Crippen molar-refractivity contribution in [2.45, 2.75) is 19.4 Å². The summed E-state index contributed by atoms with van der Waals surface area (Å²) in [6.07, 6.45) is 0.587. The first-order valence-corrected chi connectivity index (χ1v) is 6.18. The highest BCUT2D eigenvalue weighted by atomic mass is 35.5. The molecule has 0 spiro atoms. The summed E-state index contributed by atoms with van der Waals surface area (Å²) < 4.78 is 5.25. The zero-order valence-corrected chi connectivity index (χ0v) is 11.5. The Morgan fingerprint density at radius 2 is 2.06 bits per heavy atom. The fourth-order valence-electron chi connectivity index (χ4n) is 1.54. The first kappa shape index (κ1) is 13.1. The Morgan fingerprint density at radius 3 is 2.72 bits per heavy atom. The molecule has 96 valence electrons. The Kier molecular flexibility index (Phi) is 3.99. The first-order valence-electron chi connectivity index (χ1n) is 5.80. The zero-order chi connectivity index (χ0) is 13.1. The smallest absolute Gasteiger partial charge is 0.243 e. The molecule has 5 heteroatoms. The SMILES string of the molecule is C[C@H](c1nc(Cc2ccccc2Cl)no1)N(C)C. The summed E-state index contributed by atoms with van der Waals surface area (Å²) in [5, 5.41) is 4.71. The molecule has 2 rings (SSSR count). The number of nitrogens with zero attached hydrogens (tertiary/aromatic N) is 3. The van der Waals surface area contributed by atoms with Crippen LogP contribution in [0.25, 0.3) is 0 Å². The monoisotopic (exact) mass is 265 g/mol. The van der Waals surface area contributed by atoms with Crippen LogP contribution in [-0.4, -0.2) is 29.1 Å². The minimum absolute atomic E-state index is 0.109.